The van der Waals surface area contributed by atoms with Gasteiger partial charge in [-0.1, -0.05) is 26.7 Å². The standard InChI is InChI=1S/C15H27NO3/c1-11(2)7-13(9-15(18)19)10-16-14(17)8-12-5-3-4-6-12/h11-13H,3-10H2,1-2H3,(H,16,17)(H,18,19). The van der Waals surface area contributed by atoms with Crippen molar-refractivity contribution < 1.29 is 14.7 Å². The lowest BCUT2D eigenvalue weighted by molar-refractivity contribution is -0.138. The Hall–Kier alpha value is -1.06. The van der Waals surface area contributed by atoms with Crippen LogP contribution in [0.2, 0.25) is 0 Å². The van der Waals surface area contributed by atoms with Crippen molar-refractivity contribution in [1.82, 2.24) is 5.32 Å². The number of carboxylic acids is 1. The van der Waals surface area contributed by atoms with Crippen molar-refractivity contribution in [2.24, 2.45) is 17.8 Å². The first-order valence-electron chi connectivity index (χ1n) is 7.45. The predicted molar refractivity (Wildman–Crippen MR) is 74.8 cm³/mol. The first kappa shape index (κ1) is 16.0. The molecule has 1 aliphatic carbocycles. The number of carboxylic acid groups (broad SMARTS) is 1. The summed E-state index contributed by atoms with van der Waals surface area (Å²) in [5, 5.41) is 11.8. The summed E-state index contributed by atoms with van der Waals surface area (Å²) in [7, 11) is 0. The number of amides is 1. The van der Waals surface area contributed by atoms with Crippen LogP contribution < -0.4 is 5.32 Å². The molecule has 0 aliphatic heterocycles. The Balaban J connectivity index is 2.28. The van der Waals surface area contributed by atoms with E-state index in [-0.39, 0.29) is 18.2 Å². The summed E-state index contributed by atoms with van der Waals surface area (Å²) < 4.78 is 0. The van der Waals surface area contributed by atoms with E-state index in [1.807, 2.05) is 0 Å². The predicted octanol–water partition coefficient (Wildman–Crippen LogP) is 2.82. The number of aliphatic carboxylic acids is 1. The molecule has 4 nitrogen and oxygen atoms in total. The SMILES string of the molecule is CC(C)CC(CNC(=O)CC1CCCC1)CC(=O)O. The Kier molecular flexibility index (Phi) is 6.89. The zero-order valence-electron chi connectivity index (χ0n) is 12.2. The molecule has 2 N–H and O–H groups in total. The van der Waals surface area contributed by atoms with E-state index in [1.54, 1.807) is 0 Å². The normalized spacial score (nSPS) is 17.6. The van der Waals surface area contributed by atoms with Crippen molar-refractivity contribution >= 4 is 11.9 Å². The van der Waals surface area contributed by atoms with Crippen molar-refractivity contribution in [2.45, 2.75) is 58.8 Å². The van der Waals surface area contributed by atoms with Crippen LogP contribution in [0.1, 0.15) is 58.8 Å². The molecule has 0 radical (unpaired) electrons. The van der Waals surface area contributed by atoms with Crippen LogP contribution in [0.25, 0.3) is 0 Å². The Morgan fingerprint density at radius 1 is 1.26 bits per heavy atom. The lowest BCUT2D eigenvalue weighted by Gasteiger charge is -2.18. The summed E-state index contributed by atoms with van der Waals surface area (Å²) in [6.07, 6.45) is 6.41. The van der Waals surface area contributed by atoms with Crippen LogP contribution in [0.5, 0.6) is 0 Å². The average molecular weight is 269 g/mol. The molecular weight excluding hydrogens is 242 g/mol. The molecule has 1 fully saturated rings. The van der Waals surface area contributed by atoms with Gasteiger partial charge in [0, 0.05) is 19.4 Å². The Morgan fingerprint density at radius 2 is 1.89 bits per heavy atom. The van der Waals surface area contributed by atoms with E-state index in [9.17, 15) is 9.59 Å². The van der Waals surface area contributed by atoms with Gasteiger partial charge in [-0.25, -0.2) is 0 Å². The highest BCUT2D eigenvalue weighted by molar-refractivity contribution is 5.76. The number of nitrogens with one attached hydrogen (secondary N) is 1. The minimum Gasteiger partial charge on any atom is -0.481 e. The smallest absolute Gasteiger partial charge is 0.303 e. The fourth-order valence-electron chi connectivity index (χ4n) is 2.96. The van der Waals surface area contributed by atoms with Gasteiger partial charge in [-0.2, -0.15) is 0 Å². The van der Waals surface area contributed by atoms with Crippen LogP contribution in [0.3, 0.4) is 0 Å². The zero-order chi connectivity index (χ0) is 14.3. The van der Waals surface area contributed by atoms with E-state index in [1.165, 1.54) is 12.8 Å². The van der Waals surface area contributed by atoms with Crippen LogP contribution in [-0.2, 0) is 9.59 Å². The second kappa shape index (κ2) is 8.18. The molecule has 0 aromatic rings. The van der Waals surface area contributed by atoms with Gasteiger partial charge >= 0.3 is 5.97 Å². The molecule has 19 heavy (non-hydrogen) atoms. The molecule has 1 amide bonds. The van der Waals surface area contributed by atoms with Gasteiger partial charge in [-0.3, -0.25) is 9.59 Å². The lowest BCUT2D eigenvalue weighted by Crippen LogP contribution is -2.31. The van der Waals surface area contributed by atoms with Crippen LogP contribution in [0.15, 0.2) is 0 Å². The van der Waals surface area contributed by atoms with Gasteiger partial charge in [-0.05, 0) is 37.0 Å². The second-order valence-corrected chi connectivity index (χ2v) is 6.25. The molecule has 110 valence electrons. The molecular formula is C15H27NO3. The van der Waals surface area contributed by atoms with Gasteiger partial charge in [0.1, 0.15) is 0 Å². The van der Waals surface area contributed by atoms with Crippen molar-refractivity contribution in [3.05, 3.63) is 0 Å². The number of hydrogen-bond donors (Lipinski definition) is 2. The van der Waals surface area contributed by atoms with Crippen molar-refractivity contribution in [2.75, 3.05) is 6.54 Å². The van der Waals surface area contributed by atoms with Gasteiger partial charge in [0.25, 0.3) is 0 Å². The van der Waals surface area contributed by atoms with E-state index in [4.69, 9.17) is 5.11 Å². The Labute approximate surface area is 116 Å². The summed E-state index contributed by atoms with van der Waals surface area (Å²) in [6.45, 7) is 4.65. The highest BCUT2D eigenvalue weighted by Crippen LogP contribution is 2.27. The monoisotopic (exact) mass is 269 g/mol. The molecule has 4 heteroatoms. The van der Waals surface area contributed by atoms with Gasteiger partial charge in [0.05, 0.1) is 0 Å². The van der Waals surface area contributed by atoms with E-state index in [0.717, 1.165) is 19.3 Å². The first-order valence-corrected chi connectivity index (χ1v) is 7.45. The quantitative estimate of drug-likeness (QED) is 0.712. The summed E-state index contributed by atoms with van der Waals surface area (Å²) in [6, 6.07) is 0. The Bertz CT molecular complexity index is 296. The number of carbonyl (C=O) groups is 2. The number of hydrogen-bond acceptors (Lipinski definition) is 2. The molecule has 1 saturated carbocycles. The van der Waals surface area contributed by atoms with Gasteiger partial charge in [-0.15, -0.1) is 0 Å². The molecule has 0 aromatic carbocycles. The minimum absolute atomic E-state index is 0.0463. The fourth-order valence-corrected chi connectivity index (χ4v) is 2.96. The largest absolute Gasteiger partial charge is 0.481 e. The third-order valence-corrected chi connectivity index (χ3v) is 3.80. The molecule has 0 spiro atoms. The molecule has 0 bridgehead atoms. The summed E-state index contributed by atoms with van der Waals surface area (Å²) in [5.74, 6) is 0.353. The average Bonchev–Trinajstić information content (AvgIpc) is 2.77. The first-order chi connectivity index (χ1) is 8.97. The summed E-state index contributed by atoms with van der Waals surface area (Å²) in [5.41, 5.74) is 0. The Morgan fingerprint density at radius 3 is 2.42 bits per heavy atom. The third kappa shape index (κ3) is 7.19. The fraction of sp³-hybridized carbons (Fsp3) is 0.867. The molecule has 0 heterocycles. The molecule has 1 atom stereocenters. The van der Waals surface area contributed by atoms with E-state index in [2.05, 4.69) is 19.2 Å². The third-order valence-electron chi connectivity index (χ3n) is 3.80. The minimum atomic E-state index is -0.782. The van der Waals surface area contributed by atoms with Crippen LogP contribution in [-0.4, -0.2) is 23.5 Å². The van der Waals surface area contributed by atoms with Crippen molar-refractivity contribution in [1.29, 1.82) is 0 Å². The topological polar surface area (TPSA) is 66.4 Å². The van der Waals surface area contributed by atoms with Crippen molar-refractivity contribution in [3.63, 3.8) is 0 Å². The molecule has 0 aromatic heterocycles. The van der Waals surface area contributed by atoms with E-state index in [0.29, 0.717) is 24.8 Å². The van der Waals surface area contributed by atoms with E-state index < -0.39 is 5.97 Å². The summed E-state index contributed by atoms with van der Waals surface area (Å²) >= 11 is 0. The highest BCUT2D eigenvalue weighted by atomic mass is 16.4. The molecule has 1 rings (SSSR count). The summed E-state index contributed by atoms with van der Waals surface area (Å²) in [4.78, 5) is 22.6. The van der Waals surface area contributed by atoms with E-state index >= 15 is 0 Å². The number of rotatable bonds is 8. The zero-order valence-corrected chi connectivity index (χ0v) is 12.2. The maximum Gasteiger partial charge on any atom is 0.303 e. The lowest BCUT2D eigenvalue weighted by atomic mass is 9.94. The highest BCUT2D eigenvalue weighted by Gasteiger charge is 2.20. The molecule has 0 saturated heterocycles. The maximum absolute atomic E-state index is 11.8. The van der Waals surface area contributed by atoms with Crippen LogP contribution in [0.4, 0.5) is 0 Å². The van der Waals surface area contributed by atoms with Crippen LogP contribution >= 0.6 is 0 Å². The number of carbonyl (C=O) groups excluding carboxylic acids is 1. The van der Waals surface area contributed by atoms with Crippen LogP contribution in [0, 0.1) is 17.8 Å². The second-order valence-electron chi connectivity index (χ2n) is 6.25. The van der Waals surface area contributed by atoms with Gasteiger partial charge < -0.3 is 10.4 Å². The molecule has 1 unspecified atom stereocenters. The maximum atomic E-state index is 11.8. The van der Waals surface area contributed by atoms with Gasteiger partial charge in [0.2, 0.25) is 5.91 Å². The molecule has 1 aliphatic rings. The van der Waals surface area contributed by atoms with Gasteiger partial charge in [0.15, 0.2) is 0 Å². The van der Waals surface area contributed by atoms with Crippen molar-refractivity contribution in [3.8, 4) is 0 Å².